The number of ether oxygens (including phenoxy) is 2. The van der Waals surface area contributed by atoms with Gasteiger partial charge in [0.2, 0.25) is 0 Å². The first-order chi connectivity index (χ1) is 9.20. The summed E-state index contributed by atoms with van der Waals surface area (Å²) in [5, 5.41) is 0. The Hall–Kier alpha value is -2.29. The first kappa shape index (κ1) is 13.1. The molecule has 0 aliphatic carbocycles. The van der Waals surface area contributed by atoms with Crippen LogP contribution >= 0.6 is 0 Å². The Kier molecular flexibility index (Phi) is 4.18. The van der Waals surface area contributed by atoms with Crippen LogP contribution in [0, 0.1) is 0 Å². The lowest BCUT2D eigenvalue weighted by atomic mass is 10.1. The number of carbonyl (C=O) groups excluding carboxylic acids is 1. The number of carbonyl (C=O) groups is 1. The van der Waals surface area contributed by atoms with Gasteiger partial charge in [-0.3, -0.25) is 0 Å². The van der Waals surface area contributed by atoms with E-state index in [0.717, 1.165) is 11.1 Å². The Bertz CT molecular complexity index is 532. The first-order valence-electron chi connectivity index (χ1n) is 6.10. The van der Waals surface area contributed by atoms with Crippen molar-refractivity contribution in [2.45, 2.75) is 13.0 Å². The Morgan fingerprint density at radius 3 is 2.11 bits per heavy atom. The van der Waals surface area contributed by atoms with Crippen molar-refractivity contribution in [2.24, 2.45) is 0 Å². The third-order valence-electron chi connectivity index (χ3n) is 2.81. The van der Waals surface area contributed by atoms with Crippen LogP contribution < -0.4 is 4.74 Å². The van der Waals surface area contributed by atoms with Crippen molar-refractivity contribution in [3.05, 3.63) is 54.6 Å². The van der Waals surface area contributed by atoms with Crippen LogP contribution in [0.2, 0.25) is 0 Å². The van der Waals surface area contributed by atoms with Crippen LogP contribution in [0.5, 0.6) is 5.75 Å². The number of esters is 1. The van der Waals surface area contributed by atoms with E-state index in [4.69, 9.17) is 4.74 Å². The second-order valence-corrected chi connectivity index (χ2v) is 4.17. The van der Waals surface area contributed by atoms with E-state index in [9.17, 15) is 4.79 Å². The molecule has 0 saturated carbocycles. The average molecular weight is 256 g/mol. The molecule has 0 aliphatic heterocycles. The molecule has 1 unspecified atom stereocenters. The maximum Gasteiger partial charge on any atom is 0.346 e. The molecule has 2 aromatic carbocycles. The van der Waals surface area contributed by atoms with E-state index in [0.29, 0.717) is 5.75 Å². The van der Waals surface area contributed by atoms with Crippen molar-refractivity contribution >= 4 is 5.97 Å². The lowest BCUT2D eigenvalue weighted by molar-refractivity contribution is -0.147. The minimum atomic E-state index is -0.604. The summed E-state index contributed by atoms with van der Waals surface area (Å²) in [6.07, 6.45) is -0.604. The zero-order valence-corrected chi connectivity index (χ0v) is 11.0. The zero-order chi connectivity index (χ0) is 13.7. The van der Waals surface area contributed by atoms with Crippen LogP contribution in [0.4, 0.5) is 0 Å². The fourth-order valence-electron chi connectivity index (χ4n) is 1.77. The molecule has 0 saturated heterocycles. The van der Waals surface area contributed by atoms with Gasteiger partial charge in [0.15, 0.2) is 6.10 Å². The van der Waals surface area contributed by atoms with Crippen LogP contribution in [0.15, 0.2) is 54.6 Å². The molecule has 0 aromatic heterocycles. The van der Waals surface area contributed by atoms with Gasteiger partial charge in [-0.25, -0.2) is 4.79 Å². The first-order valence-corrected chi connectivity index (χ1v) is 6.10. The summed E-state index contributed by atoms with van der Waals surface area (Å²) in [7, 11) is 1.35. The molecule has 0 spiro atoms. The predicted molar refractivity (Wildman–Crippen MR) is 74.0 cm³/mol. The Morgan fingerprint density at radius 1 is 0.947 bits per heavy atom. The number of hydrogen-bond acceptors (Lipinski definition) is 3. The van der Waals surface area contributed by atoms with Gasteiger partial charge in [-0.2, -0.15) is 0 Å². The quantitative estimate of drug-likeness (QED) is 0.787. The van der Waals surface area contributed by atoms with Crippen molar-refractivity contribution < 1.29 is 14.3 Å². The minimum Gasteiger partial charge on any atom is -0.479 e. The topological polar surface area (TPSA) is 35.5 Å². The highest BCUT2D eigenvalue weighted by molar-refractivity contribution is 5.74. The second kappa shape index (κ2) is 6.05. The van der Waals surface area contributed by atoms with Crippen molar-refractivity contribution in [1.82, 2.24) is 0 Å². The summed E-state index contributed by atoms with van der Waals surface area (Å²) >= 11 is 0. The molecule has 98 valence electrons. The van der Waals surface area contributed by atoms with Gasteiger partial charge >= 0.3 is 5.97 Å². The number of benzene rings is 2. The molecular weight excluding hydrogens is 240 g/mol. The Labute approximate surface area is 112 Å². The number of methoxy groups -OCH3 is 1. The molecule has 3 heteroatoms. The number of rotatable bonds is 4. The van der Waals surface area contributed by atoms with E-state index in [-0.39, 0.29) is 5.97 Å². The Balaban J connectivity index is 2.09. The predicted octanol–water partition coefficient (Wildman–Crippen LogP) is 3.29. The fraction of sp³-hybridized carbons (Fsp3) is 0.188. The van der Waals surface area contributed by atoms with Crippen LogP contribution in [0.3, 0.4) is 0 Å². The second-order valence-electron chi connectivity index (χ2n) is 4.17. The van der Waals surface area contributed by atoms with Gasteiger partial charge < -0.3 is 9.47 Å². The molecular formula is C16H16O3. The van der Waals surface area contributed by atoms with Gasteiger partial charge in [0.1, 0.15) is 5.75 Å². The molecule has 0 bridgehead atoms. The maximum absolute atomic E-state index is 11.3. The summed E-state index contributed by atoms with van der Waals surface area (Å²) in [5.41, 5.74) is 2.26. The van der Waals surface area contributed by atoms with Gasteiger partial charge in [-0.1, -0.05) is 42.5 Å². The highest BCUT2D eigenvalue weighted by atomic mass is 16.6. The molecule has 0 fully saturated rings. The van der Waals surface area contributed by atoms with Gasteiger partial charge in [0.05, 0.1) is 7.11 Å². The lowest BCUT2D eigenvalue weighted by Crippen LogP contribution is -2.24. The number of hydrogen-bond donors (Lipinski definition) is 0. The summed E-state index contributed by atoms with van der Waals surface area (Å²) < 4.78 is 10.1. The Morgan fingerprint density at radius 2 is 1.53 bits per heavy atom. The van der Waals surface area contributed by atoms with Crippen molar-refractivity contribution in [3.8, 4) is 16.9 Å². The van der Waals surface area contributed by atoms with Gasteiger partial charge in [0.25, 0.3) is 0 Å². The van der Waals surface area contributed by atoms with E-state index in [1.807, 2.05) is 54.6 Å². The van der Waals surface area contributed by atoms with Gasteiger partial charge in [-0.05, 0) is 30.2 Å². The molecule has 19 heavy (non-hydrogen) atoms. The van der Waals surface area contributed by atoms with E-state index in [1.54, 1.807) is 6.92 Å². The van der Waals surface area contributed by atoms with E-state index >= 15 is 0 Å². The van der Waals surface area contributed by atoms with Gasteiger partial charge in [0, 0.05) is 0 Å². The molecule has 0 N–H and O–H groups in total. The molecule has 0 aliphatic rings. The fourth-order valence-corrected chi connectivity index (χ4v) is 1.77. The van der Waals surface area contributed by atoms with E-state index < -0.39 is 6.10 Å². The van der Waals surface area contributed by atoms with Crippen LogP contribution in [0.1, 0.15) is 6.92 Å². The maximum atomic E-state index is 11.3. The van der Waals surface area contributed by atoms with E-state index in [1.165, 1.54) is 7.11 Å². The normalized spacial score (nSPS) is 11.7. The summed E-state index contributed by atoms with van der Waals surface area (Å²) in [6.45, 7) is 1.66. The third-order valence-corrected chi connectivity index (χ3v) is 2.81. The highest BCUT2D eigenvalue weighted by Crippen LogP contribution is 2.22. The molecule has 2 aromatic rings. The minimum absolute atomic E-state index is 0.382. The van der Waals surface area contributed by atoms with Gasteiger partial charge in [-0.15, -0.1) is 0 Å². The smallest absolute Gasteiger partial charge is 0.346 e. The monoisotopic (exact) mass is 256 g/mol. The third kappa shape index (κ3) is 3.35. The molecule has 1 atom stereocenters. The zero-order valence-electron chi connectivity index (χ0n) is 11.0. The van der Waals surface area contributed by atoms with Crippen molar-refractivity contribution in [2.75, 3.05) is 7.11 Å². The molecule has 0 radical (unpaired) electrons. The standard InChI is InChI=1S/C16H16O3/c1-12(16(17)18-2)19-15-10-8-14(9-11-15)13-6-4-3-5-7-13/h3-12H,1-2H3. The molecule has 0 heterocycles. The summed E-state index contributed by atoms with van der Waals surface area (Å²) in [4.78, 5) is 11.3. The summed E-state index contributed by atoms with van der Waals surface area (Å²) in [6, 6.07) is 17.7. The van der Waals surface area contributed by atoms with Crippen LogP contribution in [-0.2, 0) is 9.53 Å². The largest absolute Gasteiger partial charge is 0.479 e. The highest BCUT2D eigenvalue weighted by Gasteiger charge is 2.14. The van der Waals surface area contributed by atoms with Crippen LogP contribution in [0.25, 0.3) is 11.1 Å². The average Bonchev–Trinajstić information content (AvgIpc) is 2.48. The van der Waals surface area contributed by atoms with Crippen LogP contribution in [-0.4, -0.2) is 19.2 Å². The lowest BCUT2D eigenvalue weighted by Gasteiger charge is -2.12. The molecule has 2 rings (SSSR count). The molecule has 0 amide bonds. The van der Waals surface area contributed by atoms with E-state index in [2.05, 4.69) is 4.74 Å². The summed E-state index contributed by atoms with van der Waals surface area (Å²) in [5.74, 6) is 0.268. The molecule has 3 nitrogen and oxygen atoms in total. The van der Waals surface area contributed by atoms with Crippen molar-refractivity contribution in [1.29, 1.82) is 0 Å². The van der Waals surface area contributed by atoms with Crippen molar-refractivity contribution in [3.63, 3.8) is 0 Å². The SMILES string of the molecule is COC(=O)C(C)Oc1ccc(-c2ccccc2)cc1.